The van der Waals surface area contributed by atoms with Gasteiger partial charge in [0.05, 0.1) is 40.0 Å². The Bertz CT molecular complexity index is 1110. The predicted molar refractivity (Wildman–Crippen MR) is 110 cm³/mol. The monoisotopic (exact) mass is 438 g/mol. The van der Waals surface area contributed by atoms with E-state index in [1.807, 2.05) is 18.2 Å². The van der Waals surface area contributed by atoms with Crippen molar-refractivity contribution >= 4 is 67.1 Å². The number of amides is 1. The summed E-state index contributed by atoms with van der Waals surface area (Å²) in [4.78, 5) is 19.3. The number of nitrogens with zero attached hydrogens (tertiary/aromatic N) is 2. The first-order valence-corrected chi connectivity index (χ1v) is 10.2. The van der Waals surface area contributed by atoms with Crippen LogP contribution in [0.4, 0.5) is 5.13 Å². The minimum atomic E-state index is -0.287. The van der Waals surface area contributed by atoms with Crippen LogP contribution in [0.1, 0.15) is 16.1 Å². The van der Waals surface area contributed by atoms with E-state index in [9.17, 15) is 4.79 Å². The molecule has 0 unspecified atom stereocenters. The summed E-state index contributed by atoms with van der Waals surface area (Å²) in [5, 5.41) is 0.540. The van der Waals surface area contributed by atoms with Gasteiger partial charge in [-0.05, 0) is 36.4 Å². The van der Waals surface area contributed by atoms with Gasteiger partial charge in [-0.1, -0.05) is 34.5 Å². The second kappa shape index (κ2) is 7.52. The van der Waals surface area contributed by atoms with Gasteiger partial charge in [0.2, 0.25) is 0 Å². The first kappa shape index (κ1) is 18.3. The Kier molecular flexibility index (Phi) is 5.10. The maximum Gasteiger partial charge on any atom is 0.262 e. The van der Waals surface area contributed by atoms with E-state index in [-0.39, 0.29) is 12.5 Å². The second-order valence-corrected chi connectivity index (χ2v) is 8.83. The van der Waals surface area contributed by atoms with Crippen LogP contribution in [0.25, 0.3) is 10.2 Å². The van der Waals surface area contributed by atoms with Gasteiger partial charge in [-0.15, -0.1) is 11.3 Å². The highest BCUT2D eigenvalue weighted by Crippen LogP contribution is 2.36. The van der Waals surface area contributed by atoms with Crippen molar-refractivity contribution in [3.8, 4) is 5.75 Å². The Morgan fingerprint density at radius 3 is 2.78 bits per heavy atom. The van der Waals surface area contributed by atoms with Crippen molar-refractivity contribution in [2.45, 2.75) is 6.54 Å². The molecule has 1 amide bonds. The highest BCUT2D eigenvalue weighted by atomic mass is 35.5. The van der Waals surface area contributed by atoms with E-state index in [1.54, 1.807) is 36.5 Å². The lowest BCUT2D eigenvalue weighted by molar-refractivity contribution is 0.0984. The summed E-state index contributed by atoms with van der Waals surface area (Å²) in [6.45, 7) is 0.229. The Morgan fingerprint density at radius 1 is 1.26 bits per heavy atom. The van der Waals surface area contributed by atoms with Crippen LogP contribution in [0.15, 0.2) is 47.1 Å². The van der Waals surface area contributed by atoms with Crippen molar-refractivity contribution in [1.29, 1.82) is 0 Å². The van der Waals surface area contributed by atoms with E-state index >= 15 is 0 Å². The van der Waals surface area contributed by atoms with Gasteiger partial charge < -0.3 is 9.15 Å². The molecule has 3 aromatic heterocycles. The number of methoxy groups -OCH3 is 1. The number of carbonyl (C=O) groups is 1. The third-order valence-corrected chi connectivity index (χ3v) is 6.37. The fourth-order valence-electron chi connectivity index (χ4n) is 2.55. The number of halogens is 2. The second-order valence-electron chi connectivity index (χ2n) is 5.54. The molecule has 0 saturated heterocycles. The summed E-state index contributed by atoms with van der Waals surface area (Å²) in [6.07, 6.45) is 1.57. The van der Waals surface area contributed by atoms with E-state index in [0.29, 0.717) is 25.1 Å². The first-order chi connectivity index (χ1) is 13.0. The fourth-order valence-corrected chi connectivity index (χ4v) is 4.99. The molecule has 4 rings (SSSR count). The quantitative estimate of drug-likeness (QED) is 0.376. The van der Waals surface area contributed by atoms with Crippen LogP contribution >= 0.6 is 45.9 Å². The average molecular weight is 439 g/mol. The number of hydrogen-bond donors (Lipinski definition) is 0. The molecule has 138 valence electrons. The molecule has 4 aromatic rings. The van der Waals surface area contributed by atoms with Crippen LogP contribution in [-0.4, -0.2) is 18.0 Å². The molecule has 0 fully saturated rings. The molecule has 0 radical (unpaired) electrons. The van der Waals surface area contributed by atoms with Crippen molar-refractivity contribution in [2.24, 2.45) is 0 Å². The molecule has 9 heteroatoms. The van der Waals surface area contributed by atoms with Crippen molar-refractivity contribution in [3.63, 3.8) is 0 Å². The topological polar surface area (TPSA) is 55.6 Å². The van der Waals surface area contributed by atoms with Crippen molar-refractivity contribution in [3.05, 3.63) is 62.7 Å². The molecular weight excluding hydrogens is 427 g/mol. The number of hydrogen-bond acceptors (Lipinski definition) is 6. The minimum absolute atomic E-state index is 0.229. The number of ether oxygens (including phenoxy) is 1. The zero-order valence-corrected chi connectivity index (χ0v) is 17.1. The number of fused-ring (bicyclic) bond motifs is 1. The number of thiazole rings is 1. The lowest BCUT2D eigenvalue weighted by Gasteiger charge is -2.18. The number of anilines is 1. The van der Waals surface area contributed by atoms with Crippen molar-refractivity contribution in [1.82, 2.24) is 4.98 Å². The lowest BCUT2D eigenvalue weighted by atomic mass is 10.3. The fraction of sp³-hybridized carbons (Fsp3) is 0.111. The van der Waals surface area contributed by atoms with Gasteiger partial charge in [-0.3, -0.25) is 9.69 Å². The van der Waals surface area contributed by atoms with Crippen LogP contribution in [0, 0.1) is 0 Å². The number of benzene rings is 1. The molecule has 0 aliphatic rings. The predicted octanol–water partition coefficient (Wildman–Crippen LogP) is 6.11. The third-order valence-electron chi connectivity index (χ3n) is 3.84. The van der Waals surface area contributed by atoms with Crippen LogP contribution in [0.3, 0.4) is 0 Å². The Labute approximate surface area is 172 Å². The molecule has 0 atom stereocenters. The van der Waals surface area contributed by atoms with E-state index < -0.39 is 0 Å². The summed E-state index contributed by atoms with van der Waals surface area (Å²) in [5.41, 5.74) is 1.12. The number of rotatable bonds is 5. The molecular formula is C18H12Cl2N2O3S2. The van der Waals surface area contributed by atoms with Gasteiger partial charge >= 0.3 is 0 Å². The average Bonchev–Trinajstić information content (AvgIpc) is 3.37. The Morgan fingerprint density at radius 2 is 2.11 bits per heavy atom. The standard InChI is InChI=1S/C18H12Cl2N2O3S2/c1-24-10-4-5-13-14(7-10)26-18(21-13)22(9-11-3-2-6-25-11)17(23)12-8-15(19)27-16(12)20/h2-8H,9H2,1H3. The SMILES string of the molecule is COc1ccc2nc(N(Cc3ccco3)C(=O)c3cc(Cl)sc3Cl)sc2c1. The normalized spacial score (nSPS) is 11.1. The summed E-state index contributed by atoms with van der Waals surface area (Å²) >= 11 is 14.8. The summed E-state index contributed by atoms with van der Waals surface area (Å²) in [5.74, 6) is 1.08. The molecule has 0 spiro atoms. The molecule has 1 aromatic carbocycles. The van der Waals surface area contributed by atoms with Gasteiger partial charge in [-0.25, -0.2) is 4.98 Å². The van der Waals surface area contributed by atoms with Crippen LogP contribution in [0.2, 0.25) is 8.67 Å². The van der Waals surface area contributed by atoms with Gasteiger partial charge in [0.25, 0.3) is 5.91 Å². The maximum absolute atomic E-state index is 13.2. The molecule has 0 aliphatic heterocycles. The van der Waals surface area contributed by atoms with Gasteiger partial charge in [0.15, 0.2) is 5.13 Å². The minimum Gasteiger partial charge on any atom is -0.497 e. The van der Waals surface area contributed by atoms with E-state index in [4.69, 9.17) is 32.4 Å². The largest absolute Gasteiger partial charge is 0.497 e. The number of furan rings is 1. The van der Waals surface area contributed by atoms with Crippen LogP contribution in [0.5, 0.6) is 5.75 Å². The number of carbonyl (C=O) groups excluding carboxylic acids is 1. The molecule has 5 nitrogen and oxygen atoms in total. The molecule has 0 bridgehead atoms. The number of aromatic nitrogens is 1. The lowest BCUT2D eigenvalue weighted by Crippen LogP contribution is -2.30. The van der Waals surface area contributed by atoms with Crippen LogP contribution in [-0.2, 0) is 6.54 Å². The number of thiophene rings is 1. The molecule has 3 heterocycles. The van der Waals surface area contributed by atoms with Gasteiger partial charge in [-0.2, -0.15) is 0 Å². The van der Waals surface area contributed by atoms with E-state index in [0.717, 1.165) is 27.3 Å². The van der Waals surface area contributed by atoms with E-state index in [2.05, 4.69) is 4.98 Å². The molecule has 0 saturated carbocycles. The van der Waals surface area contributed by atoms with Crippen molar-refractivity contribution < 1.29 is 13.9 Å². The zero-order chi connectivity index (χ0) is 19.0. The summed E-state index contributed by atoms with van der Waals surface area (Å²) in [7, 11) is 1.61. The summed E-state index contributed by atoms with van der Waals surface area (Å²) < 4.78 is 12.4. The smallest absolute Gasteiger partial charge is 0.262 e. The highest BCUT2D eigenvalue weighted by molar-refractivity contribution is 7.22. The first-order valence-electron chi connectivity index (χ1n) is 7.79. The Balaban J connectivity index is 1.77. The van der Waals surface area contributed by atoms with Gasteiger partial charge in [0, 0.05) is 0 Å². The molecule has 27 heavy (non-hydrogen) atoms. The van der Waals surface area contributed by atoms with Gasteiger partial charge in [0.1, 0.15) is 15.8 Å². The molecule has 0 aliphatic carbocycles. The highest BCUT2D eigenvalue weighted by Gasteiger charge is 2.26. The molecule has 0 N–H and O–H groups in total. The zero-order valence-electron chi connectivity index (χ0n) is 13.9. The maximum atomic E-state index is 13.2. The third kappa shape index (κ3) is 3.68. The van der Waals surface area contributed by atoms with E-state index in [1.165, 1.54) is 11.3 Å². The van der Waals surface area contributed by atoms with Crippen LogP contribution < -0.4 is 9.64 Å². The summed E-state index contributed by atoms with van der Waals surface area (Å²) in [6, 6.07) is 10.7. The Hall–Kier alpha value is -2.06. The van der Waals surface area contributed by atoms with Crippen molar-refractivity contribution in [2.75, 3.05) is 12.0 Å².